The molecule has 24 nitrogen and oxygen atoms in total. The number of carbonyl (C=O) groups excluding carboxylic acids is 9. The Balaban J connectivity index is 1.24. The molecule has 1 saturated heterocycles. The fraction of sp³-hybridized carbons (Fsp3) is 0.661. The summed E-state index contributed by atoms with van der Waals surface area (Å²) in [5, 5.41) is 46.7. The van der Waals surface area contributed by atoms with Gasteiger partial charge in [0.25, 0.3) is 0 Å². The molecule has 2 aromatic carbocycles. The maximum absolute atomic E-state index is 15.4. The van der Waals surface area contributed by atoms with Gasteiger partial charge in [0.1, 0.15) is 41.7 Å². The number of alkyl carbamates (subject to hydrolysis) is 1. The predicted molar refractivity (Wildman–Crippen MR) is 312 cm³/mol. The smallest absolute Gasteiger partial charge is 0.408 e. The maximum atomic E-state index is 15.4. The van der Waals surface area contributed by atoms with Crippen LogP contribution in [0.1, 0.15) is 123 Å². The summed E-state index contributed by atoms with van der Waals surface area (Å²) in [4.78, 5) is 124. The fourth-order valence-corrected chi connectivity index (χ4v) is 13.3. The number of Topliss-reactive ketones (excluding diaryl/α,β-unsaturated/α-hetero) is 2. The second-order valence-electron chi connectivity index (χ2n) is 24.6. The van der Waals surface area contributed by atoms with Gasteiger partial charge in [0, 0.05) is 51.2 Å². The van der Waals surface area contributed by atoms with Gasteiger partial charge in [0.15, 0.2) is 17.2 Å². The number of ether oxygens (including phenoxy) is 9. The average Bonchev–Trinajstić information content (AvgIpc) is 0.680. The molecule has 14 atom stereocenters. The summed E-state index contributed by atoms with van der Waals surface area (Å²) in [7, 11) is 1.58. The van der Waals surface area contributed by atoms with Gasteiger partial charge < -0.3 is 73.9 Å². The number of methoxy groups -OCH3 is 1. The van der Waals surface area contributed by atoms with Crippen LogP contribution in [0, 0.1) is 28.6 Å². The lowest BCUT2D eigenvalue weighted by Gasteiger charge is -2.68. The second-order valence-corrected chi connectivity index (χ2v) is 25.5. The van der Waals surface area contributed by atoms with Crippen LogP contribution >= 0.6 is 11.8 Å². The van der Waals surface area contributed by atoms with E-state index in [-0.39, 0.29) is 61.0 Å². The normalized spacial score (nSPS) is 28.2. The van der Waals surface area contributed by atoms with E-state index in [0.717, 1.165) is 18.7 Å². The fourth-order valence-electron chi connectivity index (χ4n) is 12.7. The average molecular weight is 1240 g/mol. The highest BCUT2D eigenvalue weighted by Gasteiger charge is 2.79. The zero-order chi connectivity index (χ0) is 64.1. The van der Waals surface area contributed by atoms with Crippen LogP contribution < -0.4 is 16.0 Å². The van der Waals surface area contributed by atoms with Gasteiger partial charge in [-0.3, -0.25) is 28.8 Å². The molecule has 6 rings (SSSR count). The van der Waals surface area contributed by atoms with Crippen molar-refractivity contribution in [3.63, 3.8) is 0 Å². The Morgan fingerprint density at radius 3 is 2.08 bits per heavy atom. The van der Waals surface area contributed by atoms with Crippen LogP contribution in [0.2, 0.25) is 0 Å². The Morgan fingerprint density at radius 1 is 0.828 bits per heavy atom. The van der Waals surface area contributed by atoms with E-state index in [1.165, 1.54) is 26.0 Å². The number of amides is 3. The quantitative estimate of drug-likeness (QED) is 0.0382. The Kier molecular flexibility index (Phi) is 24.5. The first-order valence-corrected chi connectivity index (χ1v) is 30.6. The molecule has 3 unspecified atom stereocenters. The van der Waals surface area contributed by atoms with Crippen LogP contribution in [0.4, 0.5) is 4.79 Å². The molecule has 4 fully saturated rings. The van der Waals surface area contributed by atoms with Gasteiger partial charge in [-0.2, -0.15) is 0 Å². The summed E-state index contributed by atoms with van der Waals surface area (Å²) in [6.07, 6.45) is -10.5. The summed E-state index contributed by atoms with van der Waals surface area (Å²) in [6.45, 7) is 15.2. The molecule has 0 aromatic heterocycles. The van der Waals surface area contributed by atoms with Gasteiger partial charge >= 0.3 is 30.0 Å². The van der Waals surface area contributed by atoms with Crippen molar-refractivity contribution in [3.8, 4) is 0 Å². The van der Waals surface area contributed by atoms with Gasteiger partial charge in [0.2, 0.25) is 17.9 Å². The predicted octanol–water partition coefficient (Wildman–Crippen LogP) is 3.91. The van der Waals surface area contributed by atoms with Crippen molar-refractivity contribution in [1.82, 2.24) is 16.0 Å². The molecule has 0 radical (unpaired) electrons. The molecular formula is C62H87N3O21S. The molecule has 482 valence electrons. The van der Waals surface area contributed by atoms with Gasteiger partial charge in [-0.05, 0) is 77.5 Å². The van der Waals surface area contributed by atoms with Crippen molar-refractivity contribution in [2.75, 3.05) is 64.8 Å². The minimum absolute atomic E-state index is 0.0340. The minimum atomic E-state index is -2.44. The summed E-state index contributed by atoms with van der Waals surface area (Å²) in [6, 6.07) is 13.3. The Labute approximate surface area is 511 Å². The minimum Gasteiger partial charge on any atom is -0.459 e. The summed E-state index contributed by atoms with van der Waals surface area (Å²) >= 11 is 0.802. The summed E-state index contributed by atoms with van der Waals surface area (Å²) in [5.74, 6) is -11.0. The molecular weight excluding hydrogens is 1150 g/mol. The molecule has 4 aliphatic rings. The number of aliphatic hydroxyl groups excluding tert-OH is 2. The molecule has 1 heterocycles. The van der Waals surface area contributed by atoms with Crippen LogP contribution in [-0.4, -0.2) is 193 Å². The first-order chi connectivity index (χ1) is 41.0. The number of fused-ring (bicyclic) bond motifs is 5. The number of benzene rings is 2. The lowest BCUT2D eigenvalue weighted by atomic mass is 9.42. The lowest BCUT2D eigenvalue weighted by Crippen LogP contribution is -2.83. The number of carbonyl (C=O) groups is 9. The van der Waals surface area contributed by atoms with E-state index in [1.807, 2.05) is 0 Å². The number of rotatable bonds is 29. The standard InChI is InChI=1S/C62H87N3O21S/c1-36-42(32-62(77)54(84-55(74)40-21-15-12-16-22-40)52-60(9,53(73)50(72)48(36)59(62,7)8)43(68)31-44-61(52,35-81-44)85-38(3)67)82-56(75)51(49(39-19-13-11-14-20-39)65-57(76)86-58(4,5)6)83-47(71)34-87-33-46(70)64-41(37(2)66)23-17-18-25-63-45(69)24-26-79-29-30-80-28-27-78-10/h11-16,19-22,36,41-44,48-52,54,68,72,77H,17-18,23-35H2,1-10H3,(H,63,69)(H,64,70)(H,65,76)/t36?,41?,42?,43-,44+,48-,49-,50+,51+,52-,54-,60+,61-,62+/m0/s1. The number of ketones is 2. The number of thioether (sulfide) groups is 1. The van der Waals surface area contributed by atoms with Crippen molar-refractivity contribution >= 4 is 65.1 Å². The van der Waals surface area contributed by atoms with Crippen molar-refractivity contribution in [1.29, 1.82) is 0 Å². The number of nitrogens with one attached hydrogen (secondary N) is 3. The Hall–Kier alpha value is -6.06. The molecule has 25 heteroatoms. The number of hydrogen-bond donors (Lipinski definition) is 6. The van der Waals surface area contributed by atoms with E-state index in [1.54, 1.807) is 97.2 Å². The highest BCUT2D eigenvalue weighted by molar-refractivity contribution is 8.00. The van der Waals surface area contributed by atoms with Crippen LogP contribution in [0.15, 0.2) is 60.7 Å². The third-order valence-corrected chi connectivity index (χ3v) is 18.1. The van der Waals surface area contributed by atoms with Crippen LogP contribution in [0.3, 0.4) is 0 Å². The van der Waals surface area contributed by atoms with E-state index in [2.05, 4.69) is 16.0 Å². The van der Waals surface area contributed by atoms with Gasteiger partial charge in [-0.25, -0.2) is 14.4 Å². The molecule has 3 aliphatic carbocycles. The monoisotopic (exact) mass is 1240 g/mol. The Morgan fingerprint density at radius 2 is 1.47 bits per heavy atom. The van der Waals surface area contributed by atoms with Crippen molar-refractivity contribution < 1.29 is 101 Å². The molecule has 6 N–H and O–H groups in total. The summed E-state index contributed by atoms with van der Waals surface area (Å²) < 4.78 is 52.0. The topological polar surface area (TPSA) is 333 Å². The van der Waals surface area contributed by atoms with Gasteiger partial charge in [0.05, 0.1) is 80.2 Å². The van der Waals surface area contributed by atoms with Gasteiger partial charge in [-0.1, -0.05) is 69.3 Å². The maximum Gasteiger partial charge on any atom is 0.408 e. The molecule has 3 amide bonds. The van der Waals surface area contributed by atoms with Crippen LogP contribution in [0.25, 0.3) is 0 Å². The molecule has 2 bridgehead atoms. The highest BCUT2D eigenvalue weighted by Crippen LogP contribution is 2.65. The molecule has 2 aromatic rings. The van der Waals surface area contributed by atoms with Crippen LogP contribution in [-0.2, 0) is 76.2 Å². The molecule has 3 saturated carbocycles. The van der Waals surface area contributed by atoms with Crippen LogP contribution in [0.5, 0.6) is 0 Å². The first-order valence-electron chi connectivity index (χ1n) is 29.5. The van der Waals surface area contributed by atoms with E-state index in [9.17, 15) is 48.9 Å². The number of hydrogen-bond acceptors (Lipinski definition) is 22. The molecule has 1 aliphatic heterocycles. The van der Waals surface area contributed by atoms with Gasteiger partial charge in [-0.15, -0.1) is 11.8 Å². The highest BCUT2D eigenvalue weighted by atomic mass is 32.2. The zero-order valence-corrected chi connectivity index (χ0v) is 52.1. The largest absolute Gasteiger partial charge is 0.459 e. The third kappa shape index (κ3) is 16.8. The molecule has 87 heavy (non-hydrogen) atoms. The number of unbranched alkanes of at least 4 members (excludes halogenated alkanes) is 1. The van der Waals surface area contributed by atoms with Crippen molar-refractivity contribution in [2.45, 2.75) is 166 Å². The zero-order valence-electron chi connectivity index (χ0n) is 51.3. The summed E-state index contributed by atoms with van der Waals surface area (Å²) in [5.41, 5.74) is -8.75. The number of esters is 4. The van der Waals surface area contributed by atoms with E-state index >= 15 is 9.59 Å². The second kappa shape index (κ2) is 30.4. The van der Waals surface area contributed by atoms with E-state index in [4.69, 9.17) is 42.6 Å². The molecule has 0 spiro atoms. The third-order valence-electron chi connectivity index (χ3n) is 17.2. The first kappa shape index (κ1) is 70.0. The van der Waals surface area contributed by atoms with Crippen molar-refractivity contribution in [3.05, 3.63) is 71.8 Å². The van der Waals surface area contributed by atoms with E-state index in [0.29, 0.717) is 45.8 Å². The number of aliphatic hydroxyl groups is 3. The Bertz CT molecular complexity index is 2730. The lowest BCUT2D eigenvalue weighted by molar-refractivity contribution is -0.355. The van der Waals surface area contributed by atoms with Crippen molar-refractivity contribution in [2.24, 2.45) is 28.6 Å². The SMILES string of the molecule is COCCOCCOCCC(=O)NCCCCC(NC(=O)CSCC(=O)O[C@@H](C(=O)OC1C[C@@]2(O)[C@@H](OC(=O)c3ccccc3)[C@@H]3[C@]4(OC(C)=O)CO[C@@H]4C[C@H](O)[C@@]3(C)C(=O)[C@H](O)[C@H](C1C)C2(C)C)[C@@H](NC(=O)OC(C)(C)C)c1ccccc1)C(C)=O. The van der Waals surface area contributed by atoms with E-state index < -0.39 is 148 Å².